The number of carboxylic acid groups (broad SMARTS) is 1. The molecule has 0 spiro atoms. The zero-order valence-corrected chi connectivity index (χ0v) is 26.1. The molecule has 1 heterocycles. The van der Waals surface area contributed by atoms with E-state index in [4.69, 9.17) is 21.1 Å². The molecule has 0 unspecified atom stereocenters. The van der Waals surface area contributed by atoms with Gasteiger partial charge in [-0.3, -0.25) is 9.78 Å². The Morgan fingerprint density at radius 2 is 1.91 bits per heavy atom. The zero-order chi connectivity index (χ0) is 33.5. The number of fused-ring (bicyclic) bond motifs is 1. The second-order valence-electron chi connectivity index (χ2n) is 11.1. The van der Waals surface area contributed by atoms with E-state index in [2.05, 4.69) is 15.6 Å². The first-order chi connectivity index (χ1) is 22.6. The first-order valence-corrected chi connectivity index (χ1v) is 15.3. The van der Waals surface area contributed by atoms with Crippen LogP contribution in [0.5, 0.6) is 11.5 Å². The Labute approximate surface area is 275 Å². The molecule has 1 amide bonds. The summed E-state index contributed by atoms with van der Waals surface area (Å²) in [5.41, 5.74) is 4.93. The molecule has 0 aliphatic heterocycles. The SMILES string of the molecule is C[C@@H](O)[C@H](NC(=O)CNCc1cc(Cl)c(O[C@H]2CCc3c(-c4ccccc4F)cccc32)cc1OCc1cncc(C#N)c1)C(=O)O. The van der Waals surface area contributed by atoms with E-state index < -0.39 is 24.0 Å². The molecule has 5 rings (SSSR count). The van der Waals surface area contributed by atoms with E-state index in [1.807, 2.05) is 24.3 Å². The van der Waals surface area contributed by atoms with Gasteiger partial charge in [0.05, 0.1) is 23.2 Å². The lowest BCUT2D eigenvalue weighted by Crippen LogP contribution is -2.49. The molecule has 3 atom stereocenters. The van der Waals surface area contributed by atoms with E-state index in [0.717, 1.165) is 16.7 Å². The number of amides is 1. The quantitative estimate of drug-likeness (QED) is 0.154. The summed E-state index contributed by atoms with van der Waals surface area (Å²) in [6.07, 6.45) is 2.75. The summed E-state index contributed by atoms with van der Waals surface area (Å²) in [6, 6.07) is 18.0. The number of halogens is 2. The molecule has 0 bridgehead atoms. The van der Waals surface area contributed by atoms with Gasteiger partial charge in [0.2, 0.25) is 5.91 Å². The molecule has 1 aromatic heterocycles. The lowest BCUT2D eigenvalue weighted by molar-refractivity contribution is -0.144. The number of carboxylic acids is 1. The molecule has 1 aliphatic carbocycles. The minimum atomic E-state index is -1.45. The third kappa shape index (κ3) is 8.04. The van der Waals surface area contributed by atoms with Crippen LogP contribution in [0.3, 0.4) is 0 Å². The number of rotatable bonds is 13. The van der Waals surface area contributed by atoms with Gasteiger partial charge >= 0.3 is 5.97 Å². The van der Waals surface area contributed by atoms with Crippen LogP contribution in [-0.4, -0.2) is 45.8 Å². The maximum Gasteiger partial charge on any atom is 0.328 e. The molecule has 0 fully saturated rings. The predicted molar refractivity (Wildman–Crippen MR) is 171 cm³/mol. The second-order valence-corrected chi connectivity index (χ2v) is 11.5. The maximum atomic E-state index is 14.7. The van der Waals surface area contributed by atoms with Crippen molar-refractivity contribution >= 4 is 23.5 Å². The highest BCUT2D eigenvalue weighted by atomic mass is 35.5. The average molecular weight is 659 g/mol. The Bertz CT molecular complexity index is 1830. The number of nitrogens with zero attached hydrogens (tertiary/aromatic N) is 2. The van der Waals surface area contributed by atoms with Gasteiger partial charge in [0.25, 0.3) is 0 Å². The van der Waals surface area contributed by atoms with Gasteiger partial charge in [0.1, 0.15) is 36.1 Å². The Hall–Kier alpha value is -5.02. The molecular weight excluding hydrogens is 627 g/mol. The summed E-state index contributed by atoms with van der Waals surface area (Å²) in [4.78, 5) is 27.8. The summed E-state index contributed by atoms with van der Waals surface area (Å²) < 4.78 is 27.3. The predicted octanol–water partition coefficient (Wildman–Crippen LogP) is 5.10. The topological polar surface area (TPSA) is 154 Å². The fourth-order valence-corrected chi connectivity index (χ4v) is 5.71. The number of aliphatic carboxylic acids is 1. The van der Waals surface area contributed by atoms with Gasteiger partial charge in [0.15, 0.2) is 6.04 Å². The number of aliphatic hydroxyl groups is 1. The molecule has 1 aliphatic rings. The number of pyridine rings is 1. The monoisotopic (exact) mass is 658 g/mol. The van der Waals surface area contributed by atoms with Gasteiger partial charge in [-0.1, -0.05) is 48.0 Å². The smallest absolute Gasteiger partial charge is 0.328 e. The summed E-state index contributed by atoms with van der Waals surface area (Å²) in [7, 11) is 0. The summed E-state index contributed by atoms with van der Waals surface area (Å²) in [5, 5.41) is 33.7. The van der Waals surface area contributed by atoms with Crippen molar-refractivity contribution in [1.29, 1.82) is 5.26 Å². The first-order valence-electron chi connectivity index (χ1n) is 14.9. The third-order valence-corrected chi connectivity index (χ3v) is 8.04. The fourth-order valence-electron chi connectivity index (χ4n) is 5.48. The van der Waals surface area contributed by atoms with E-state index in [-0.39, 0.29) is 31.6 Å². The lowest BCUT2D eigenvalue weighted by atomic mass is 9.96. The third-order valence-electron chi connectivity index (χ3n) is 7.75. The second kappa shape index (κ2) is 15.0. The molecular formula is C35H32ClFN4O6. The van der Waals surface area contributed by atoms with Gasteiger partial charge in [-0.05, 0) is 54.7 Å². The number of carbonyl (C=O) groups is 2. The maximum absolute atomic E-state index is 14.7. The summed E-state index contributed by atoms with van der Waals surface area (Å²) in [6.45, 7) is 1.22. The largest absolute Gasteiger partial charge is 0.488 e. The number of hydrogen-bond acceptors (Lipinski definition) is 8. The van der Waals surface area contributed by atoms with Crippen molar-refractivity contribution in [2.45, 2.75) is 51.2 Å². The summed E-state index contributed by atoms with van der Waals surface area (Å²) >= 11 is 6.72. The van der Waals surface area contributed by atoms with Crippen LogP contribution in [0.25, 0.3) is 11.1 Å². The van der Waals surface area contributed by atoms with E-state index >= 15 is 0 Å². The van der Waals surface area contributed by atoms with Crippen molar-refractivity contribution in [3.63, 3.8) is 0 Å². The highest BCUT2D eigenvalue weighted by molar-refractivity contribution is 6.32. The molecule has 0 saturated carbocycles. The zero-order valence-electron chi connectivity index (χ0n) is 25.4. The van der Waals surface area contributed by atoms with Crippen LogP contribution in [0, 0.1) is 17.1 Å². The summed E-state index contributed by atoms with van der Waals surface area (Å²) in [5.74, 6) is -1.51. The molecule has 4 aromatic rings. The van der Waals surface area contributed by atoms with Crippen molar-refractivity contribution in [2.75, 3.05) is 6.54 Å². The molecule has 47 heavy (non-hydrogen) atoms. The van der Waals surface area contributed by atoms with Crippen molar-refractivity contribution < 1.29 is 33.7 Å². The van der Waals surface area contributed by atoms with E-state index in [0.29, 0.717) is 51.6 Å². The van der Waals surface area contributed by atoms with Crippen LogP contribution in [-0.2, 0) is 29.2 Å². The first kappa shape index (κ1) is 33.3. The molecule has 3 aromatic carbocycles. The minimum Gasteiger partial charge on any atom is -0.488 e. The molecule has 242 valence electrons. The molecule has 0 saturated heterocycles. The average Bonchev–Trinajstić information content (AvgIpc) is 3.47. The Morgan fingerprint density at radius 1 is 1.13 bits per heavy atom. The van der Waals surface area contributed by atoms with Gasteiger partial charge < -0.3 is 30.3 Å². The van der Waals surface area contributed by atoms with Crippen molar-refractivity contribution in [3.8, 4) is 28.7 Å². The normalized spacial score (nSPS) is 14.8. The number of ether oxygens (including phenoxy) is 2. The van der Waals surface area contributed by atoms with Crippen LogP contribution in [0.2, 0.25) is 5.02 Å². The van der Waals surface area contributed by atoms with Crippen LogP contribution >= 0.6 is 11.6 Å². The van der Waals surface area contributed by atoms with Crippen LogP contribution in [0.4, 0.5) is 4.39 Å². The number of carbonyl (C=O) groups excluding carboxylic acids is 1. The van der Waals surface area contributed by atoms with Crippen molar-refractivity contribution in [1.82, 2.24) is 15.6 Å². The Morgan fingerprint density at radius 3 is 2.66 bits per heavy atom. The number of aliphatic hydroxyl groups excluding tert-OH is 1. The highest BCUT2D eigenvalue weighted by Crippen LogP contribution is 2.43. The number of aromatic nitrogens is 1. The molecule has 4 N–H and O–H groups in total. The van der Waals surface area contributed by atoms with Crippen LogP contribution in [0.15, 0.2) is 73.1 Å². The fraction of sp³-hybridized carbons (Fsp3) is 0.257. The number of benzene rings is 3. The lowest BCUT2D eigenvalue weighted by Gasteiger charge is -2.20. The number of hydrogen-bond donors (Lipinski definition) is 4. The van der Waals surface area contributed by atoms with Gasteiger partial charge in [0, 0.05) is 41.7 Å². The van der Waals surface area contributed by atoms with Crippen LogP contribution < -0.4 is 20.1 Å². The highest BCUT2D eigenvalue weighted by Gasteiger charge is 2.28. The van der Waals surface area contributed by atoms with E-state index in [1.165, 1.54) is 19.2 Å². The molecule has 10 nitrogen and oxygen atoms in total. The molecule has 0 radical (unpaired) electrons. The van der Waals surface area contributed by atoms with Crippen molar-refractivity contribution in [2.24, 2.45) is 0 Å². The minimum absolute atomic E-state index is 0.0734. The van der Waals surface area contributed by atoms with E-state index in [1.54, 1.807) is 42.6 Å². The Kier molecular flexibility index (Phi) is 10.7. The van der Waals surface area contributed by atoms with E-state index in [9.17, 15) is 29.5 Å². The Balaban J connectivity index is 1.37. The standard InChI is InChI=1S/C35H32ClFN4O6/c1-20(42)34(35(44)45)41-33(43)18-40-17-23-12-28(36)32(13-31(23)46-19-22-11-21(14-38)15-39-16-22)47-30-10-9-25-24(6-4-7-27(25)30)26-5-2-3-8-29(26)37/h2-8,11-13,15-16,20,30,34,40,42H,9-10,17-19H2,1H3,(H,41,43)(H,44,45)/t20-,30+,34+/m1/s1. The van der Waals surface area contributed by atoms with Gasteiger partial charge in [-0.25, -0.2) is 9.18 Å². The van der Waals surface area contributed by atoms with Crippen molar-refractivity contribution in [3.05, 3.63) is 112 Å². The van der Waals surface area contributed by atoms with Gasteiger partial charge in [-0.2, -0.15) is 5.26 Å². The molecule has 12 heteroatoms. The van der Waals surface area contributed by atoms with Crippen LogP contribution in [0.1, 0.15) is 47.3 Å². The number of nitrogens with one attached hydrogen (secondary N) is 2. The van der Waals surface area contributed by atoms with Gasteiger partial charge in [-0.15, -0.1) is 0 Å². The number of nitriles is 1.